The van der Waals surface area contributed by atoms with E-state index in [4.69, 9.17) is 0 Å². The minimum Gasteiger partial charge on any atom is -0.394 e. The Bertz CT molecular complexity index is 697. The van der Waals surface area contributed by atoms with Crippen molar-refractivity contribution in [3.05, 3.63) is 24.3 Å². The number of allylic oxidation sites excluding steroid dienone is 4. The second-order valence-corrected chi connectivity index (χ2v) is 13.6. The SMILES string of the molecule is CCCCCC/C=C/CCCC(O)C(O)C(CO)NC(=O)C(O)CCCCCCCC/C=C\CCCCCCCCCCCCC. The minimum atomic E-state index is -1.28. The zero-order valence-corrected chi connectivity index (χ0v) is 30.3. The zero-order valence-electron chi connectivity index (χ0n) is 30.3. The molecule has 46 heavy (non-hydrogen) atoms. The number of nitrogens with one attached hydrogen (secondary N) is 1. The summed E-state index contributed by atoms with van der Waals surface area (Å²) in [7, 11) is 0. The first-order valence-electron chi connectivity index (χ1n) is 19.7. The molecule has 4 unspecified atom stereocenters. The Labute approximate surface area is 284 Å². The maximum absolute atomic E-state index is 12.4. The summed E-state index contributed by atoms with van der Waals surface area (Å²) < 4.78 is 0. The molecule has 0 aliphatic heterocycles. The molecule has 0 radical (unpaired) electrons. The van der Waals surface area contributed by atoms with Crippen molar-refractivity contribution < 1.29 is 25.2 Å². The Balaban J connectivity index is 3.75. The molecular formula is C40H77NO5. The smallest absolute Gasteiger partial charge is 0.249 e. The van der Waals surface area contributed by atoms with Crippen molar-refractivity contribution in [2.75, 3.05) is 6.61 Å². The van der Waals surface area contributed by atoms with Crippen molar-refractivity contribution in [1.29, 1.82) is 0 Å². The first-order valence-corrected chi connectivity index (χ1v) is 19.7. The average molecular weight is 652 g/mol. The van der Waals surface area contributed by atoms with Crippen molar-refractivity contribution in [3.8, 4) is 0 Å². The van der Waals surface area contributed by atoms with Crippen LogP contribution in [0.5, 0.6) is 0 Å². The fourth-order valence-corrected chi connectivity index (χ4v) is 5.93. The molecule has 6 heteroatoms. The quantitative estimate of drug-likeness (QED) is 0.0346. The summed E-state index contributed by atoms with van der Waals surface area (Å²) in [5.74, 6) is -0.601. The Hall–Kier alpha value is -1.21. The van der Waals surface area contributed by atoms with Gasteiger partial charge in [-0.15, -0.1) is 0 Å². The van der Waals surface area contributed by atoms with Crippen molar-refractivity contribution in [1.82, 2.24) is 5.32 Å². The maximum atomic E-state index is 12.4. The van der Waals surface area contributed by atoms with E-state index in [0.717, 1.165) is 38.5 Å². The molecule has 0 aliphatic carbocycles. The van der Waals surface area contributed by atoms with Gasteiger partial charge in [0.1, 0.15) is 12.2 Å². The molecule has 0 spiro atoms. The molecule has 0 saturated heterocycles. The number of unbranched alkanes of at least 4 members (excludes halogenated alkanes) is 22. The van der Waals surface area contributed by atoms with E-state index in [9.17, 15) is 25.2 Å². The number of rotatable bonds is 35. The second-order valence-electron chi connectivity index (χ2n) is 13.6. The van der Waals surface area contributed by atoms with E-state index in [0.29, 0.717) is 19.3 Å². The van der Waals surface area contributed by atoms with Crippen LogP contribution in [0.3, 0.4) is 0 Å². The van der Waals surface area contributed by atoms with E-state index < -0.39 is 36.9 Å². The van der Waals surface area contributed by atoms with Crippen LogP contribution in [-0.4, -0.2) is 57.3 Å². The van der Waals surface area contributed by atoms with Crippen molar-refractivity contribution in [3.63, 3.8) is 0 Å². The fourth-order valence-electron chi connectivity index (χ4n) is 5.93. The number of carbonyl (C=O) groups excluding carboxylic acids is 1. The third-order valence-corrected chi connectivity index (χ3v) is 9.13. The predicted octanol–water partition coefficient (Wildman–Crippen LogP) is 9.62. The molecule has 0 rings (SSSR count). The van der Waals surface area contributed by atoms with Gasteiger partial charge in [0.05, 0.1) is 18.8 Å². The van der Waals surface area contributed by atoms with Crippen LogP contribution < -0.4 is 5.32 Å². The van der Waals surface area contributed by atoms with Crippen LogP contribution in [-0.2, 0) is 4.79 Å². The molecule has 0 saturated carbocycles. The summed E-state index contributed by atoms with van der Waals surface area (Å²) >= 11 is 0. The Morgan fingerprint density at radius 3 is 1.33 bits per heavy atom. The van der Waals surface area contributed by atoms with Crippen molar-refractivity contribution in [2.45, 2.75) is 218 Å². The Morgan fingerprint density at radius 1 is 0.522 bits per heavy atom. The molecule has 0 aromatic rings. The zero-order chi connectivity index (χ0) is 33.9. The molecule has 272 valence electrons. The van der Waals surface area contributed by atoms with Crippen LogP contribution in [0.1, 0.15) is 194 Å². The highest BCUT2D eigenvalue weighted by atomic mass is 16.3. The molecule has 0 heterocycles. The van der Waals surface area contributed by atoms with Gasteiger partial charge in [-0.3, -0.25) is 4.79 Å². The highest BCUT2D eigenvalue weighted by Gasteiger charge is 2.28. The number of hydrogen-bond acceptors (Lipinski definition) is 5. The van der Waals surface area contributed by atoms with Crippen LogP contribution in [0.25, 0.3) is 0 Å². The van der Waals surface area contributed by atoms with Gasteiger partial charge in [-0.05, 0) is 64.2 Å². The van der Waals surface area contributed by atoms with Crippen LogP contribution in [0, 0.1) is 0 Å². The van der Waals surface area contributed by atoms with Gasteiger partial charge >= 0.3 is 0 Å². The van der Waals surface area contributed by atoms with Crippen LogP contribution in [0.4, 0.5) is 0 Å². The van der Waals surface area contributed by atoms with E-state index in [1.807, 2.05) is 0 Å². The summed E-state index contributed by atoms with van der Waals surface area (Å²) in [4.78, 5) is 12.4. The standard InChI is InChI=1S/C40H77NO5/c1-3-5-7-9-11-13-14-15-16-17-18-19-20-21-22-23-24-26-28-30-32-34-38(44)40(46)41-36(35-42)39(45)37(43)33-31-29-27-25-12-10-8-6-4-2/h20-21,25,27,36-39,42-45H,3-19,22-24,26,28-35H2,1-2H3,(H,41,46)/b21-20-,27-25+. The number of amides is 1. The maximum Gasteiger partial charge on any atom is 0.249 e. The Kier molecular flexibility index (Phi) is 34.2. The largest absolute Gasteiger partial charge is 0.394 e. The van der Waals surface area contributed by atoms with Gasteiger partial charge in [0.15, 0.2) is 0 Å². The average Bonchev–Trinajstić information content (AvgIpc) is 3.06. The first kappa shape index (κ1) is 44.8. The summed E-state index contributed by atoms with van der Waals surface area (Å²) in [6.45, 7) is 3.98. The minimum absolute atomic E-state index is 0.356. The summed E-state index contributed by atoms with van der Waals surface area (Å²) in [5.41, 5.74) is 0. The van der Waals surface area contributed by atoms with Crippen molar-refractivity contribution in [2.24, 2.45) is 0 Å². The van der Waals surface area contributed by atoms with E-state index in [1.54, 1.807) is 0 Å². The van der Waals surface area contributed by atoms with Gasteiger partial charge in [-0.2, -0.15) is 0 Å². The normalized spacial score (nSPS) is 14.7. The molecule has 0 aromatic heterocycles. The van der Waals surface area contributed by atoms with E-state index in [1.165, 1.54) is 122 Å². The lowest BCUT2D eigenvalue weighted by atomic mass is 10.00. The highest BCUT2D eigenvalue weighted by Crippen LogP contribution is 2.14. The molecule has 1 amide bonds. The third-order valence-electron chi connectivity index (χ3n) is 9.13. The Morgan fingerprint density at radius 2 is 0.891 bits per heavy atom. The second kappa shape index (κ2) is 35.1. The molecule has 0 aromatic carbocycles. The first-order chi connectivity index (χ1) is 22.5. The molecule has 6 nitrogen and oxygen atoms in total. The predicted molar refractivity (Wildman–Crippen MR) is 196 cm³/mol. The highest BCUT2D eigenvalue weighted by molar-refractivity contribution is 5.80. The lowest BCUT2D eigenvalue weighted by Gasteiger charge is -2.27. The van der Waals surface area contributed by atoms with E-state index >= 15 is 0 Å². The number of carbonyl (C=O) groups is 1. The van der Waals surface area contributed by atoms with Crippen LogP contribution >= 0.6 is 0 Å². The molecule has 0 fully saturated rings. The monoisotopic (exact) mass is 652 g/mol. The van der Waals surface area contributed by atoms with Gasteiger partial charge in [0, 0.05) is 0 Å². The van der Waals surface area contributed by atoms with Gasteiger partial charge in [0.2, 0.25) is 5.91 Å². The van der Waals surface area contributed by atoms with E-state index in [2.05, 4.69) is 43.5 Å². The lowest BCUT2D eigenvalue weighted by Crippen LogP contribution is -2.53. The fraction of sp³-hybridized carbons (Fsp3) is 0.875. The number of hydrogen-bond donors (Lipinski definition) is 5. The number of aliphatic hydroxyl groups excluding tert-OH is 4. The lowest BCUT2D eigenvalue weighted by molar-refractivity contribution is -0.132. The summed E-state index contributed by atoms with van der Waals surface area (Å²) in [5, 5.41) is 43.3. The molecule has 4 atom stereocenters. The van der Waals surface area contributed by atoms with Crippen LogP contribution in [0.2, 0.25) is 0 Å². The molecular weight excluding hydrogens is 574 g/mol. The molecule has 0 aliphatic rings. The molecule has 5 N–H and O–H groups in total. The van der Waals surface area contributed by atoms with Crippen LogP contribution in [0.15, 0.2) is 24.3 Å². The number of aliphatic hydroxyl groups is 4. The van der Waals surface area contributed by atoms with E-state index in [-0.39, 0.29) is 0 Å². The van der Waals surface area contributed by atoms with Gasteiger partial charge in [-0.1, -0.05) is 154 Å². The van der Waals surface area contributed by atoms with Gasteiger partial charge in [-0.25, -0.2) is 0 Å². The summed E-state index contributed by atoms with van der Waals surface area (Å²) in [6.07, 6.45) is 37.9. The third kappa shape index (κ3) is 29.0. The van der Waals surface area contributed by atoms with Crippen molar-refractivity contribution >= 4 is 5.91 Å². The topological polar surface area (TPSA) is 110 Å². The van der Waals surface area contributed by atoms with Gasteiger partial charge in [0.25, 0.3) is 0 Å². The van der Waals surface area contributed by atoms with Gasteiger partial charge < -0.3 is 25.7 Å². The summed E-state index contributed by atoms with van der Waals surface area (Å²) in [6, 6.07) is -1.000. The molecule has 0 bridgehead atoms.